The Kier molecular flexibility index (Phi) is 7.30. The van der Waals surface area contributed by atoms with Crippen LogP contribution in [0.25, 0.3) is 0 Å². The van der Waals surface area contributed by atoms with Gasteiger partial charge in [0.15, 0.2) is 0 Å². The molecule has 3 aromatic carbocycles. The summed E-state index contributed by atoms with van der Waals surface area (Å²) in [5, 5.41) is 3.06. The summed E-state index contributed by atoms with van der Waals surface area (Å²) in [5.41, 5.74) is 1.66. The van der Waals surface area contributed by atoms with Gasteiger partial charge in [-0.2, -0.15) is 4.31 Å². The van der Waals surface area contributed by atoms with E-state index in [0.717, 1.165) is 23.6 Å². The summed E-state index contributed by atoms with van der Waals surface area (Å²) in [6, 6.07) is 15.8. The number of nitrogens with zero attached hydrogens (tertiary/aromatic N) is 2. The van der Waals surface area contributed by atoms with Gasteiger partial charge in [0.2, 0.25) is 10.0 Å². The monoisotopic (exact) mass is 517 g/mol. The maximum atomic E-state index is 14.5. The third kappa shape index (κ3) is 5.27. The van der Waals surface area contributed by atoms with Crippen molar-refractivity contribution in [1.82, 2.24) is 4.31 Å². The summed E-state index contributed by atoms with van der Waals surface area (Å²) >= 11 is 6.09. The first kappa shape index (κ1) is 25.0. The predicted molar refractivity (Wildman–Crippen MR) is 135 cm³/mol. The van der Waals surface area contributed by atoms with E-state index in [1.807, 2.05) is 24.3 Å². The Bertz CT molecular complexity index is 1340. The number of anilines is 2. The van der Waals surface area contributed by atoms with Crippen molar-refractivity contribution in [2.75, 3.05) is 43.5 Å². The zero-order chi connectivity index (χ0) is 25.2. The van der Waals surface area contributed by atoms with Gasteiger partial charge in [-0.1, -0.05) is 17.7 Å². The highest BCUT2D eigenvalue weighted by atomic mass is 35.5. The van der Waals surface area contributed by atoms with Gasteiger partial charge in [-0.3, -0.25) is 4.79 Å². The minimum atomic E-state index is -3.92. The van der Waals surface area contributed by atoms with E-state index in [0.29, 0.717) is 29.4 Å². The lowest BCUT2D eigenvalue weighted by Gasteiger charge is -2.35. The Labute approximate surface area is 209 Å². The third-order valence-corrected chi connectivity index (χ3v) is 8.32. The van der Waals surface area contributed by atoms with Crippen molar-refractivity contribution in [3.63, 3.8) is 0 Å². The highest BCUT2D eigenvalue weighted by Crippen LogP contribution is 2.26. The van der Waals surface area contributed by atoms with Crippen LogP contribution in [-0.2, 0) is 10.0 Å². The molecule has 0 spiro atoms. The normalized spacial score (nSPS) is 14.6. The molecule has 1 aliphatic heterocycles. The minimum Gasteiger partial charge on any atom is -0.497 e. The molecule has 1 aliphatic rings. The molecule has 7 nitrogen and oxygen atoms in total. The third-order valence-electron chi connectivity index (χ3n) is 6.01. The van der Waals surface area contributed by atoms with E-state index in [-0.39, 0.29) is 23.5 Å². The molecular weight excluding hydrogens is 493 g/mol. The number of carbonyl (C=O) groups excluding carboxylic acids is 1. The molecule has 1 saturated heterocycles. The van der Waals surface area contributed by atoms with E-state index in [1.165, 1.54) is 10.4 Å². The molecule has 35 heavy (non-hydrogen) atoms. The van der Waals surface area contributed by atoms with Crippen LogP contribution in [0.5, 0.6) is 5.75 Å². The number of hydrogen-bond donors (Lipinski definition) is 1. The van der Waals surface area contributed by atoms with E-state index in [4.69, 9.17) is 16.3 Å². The van der Waals surface area contributed by atoms with E-state index < -0.39 is 21.7 Å². The lowest BCUT2D eigenvalue weighted by atomic mass is 10.1. The average Bonchev–Trinajstić information content (AvgIpc) is 2.87. The second-order valence-electron chi connectivity index (χ2n) is 8.10. The maximum Gasteiger partial charge on any atom is 0.258 e. The Morgan fingerprint density at radius 2 is 1.71 bits per heavy atom. The number of amides is 1. The lowest BCUT2D eigenvalue weighted by molar-refractivity contribution is 0.102. The fourth-order valence-electron chi connectivity index (χ4n) is 3.90. The largest absolute Gasteiger partial charge is 0.497 e. The standard InChI is InChI=1S/C25H25ClFN3O4S/c1-17-22(26)4-3-5-24(17)28-25(31)21-16-20(10-11-23(21)27)35(32,33)30-14-12-29(13-15-30)18-6-8-19(34-2)9-7-18/h3-11,16H,12-15H2,1-2H3,(H,28,31). The van der Waals surface area contributed by atoms with Gasteiger partial charge in [0.25, 0.3) is 5.91 Å². The van der Waals surface area contributed by atoms with Crippen LogP contribution < -0.4 is 15.0 Å². The van der Waals surface area contributed by atoms with Gasteiger partial charge >= 0.3 is 0 Å². The van der Waals surface area contributed by atoms with Crippen LogP contribution in [-0.4, -0.2) is 51.9 Å². The first-order chi connectivity index (χ1) is 16.7. The fourth-order valence-corrected chi connectivity index (χ4v) is 5.52. The Balaban J connectivity index is 1.50. The summed E-state index contributed by atoms with van der Waals surface area (Å²) in [6.45, 7) is 3.23. The second-order valence-corrected chi connectivity index (χ2v) is 10.4. The number of ether oxygens (including phenoxy) is 1. The smallest absolute Gasteiger partial charge is 0.258 e. The summed E-state index contributed by atoms with van der Waals surface area (Å²) < 4.78 is 47.6. The first-order valence-electron chi connectivity index (χ1n) is 11.0. The summed E-state index contributed by atoms with van der Waals surface area (Å²) in [6.07, 6.45) is 0. The fraction of sp³-hybridized carbons (Fsp3) is 0.240. The SMILES string of the molecule is COc1ccc(N2CCN(S(=O)(=O)c3ccc(F)c(C(=O)Nc4cccc(Cl)c4C)c3)CC2)cc1. The Morgan fingerprint density at radius 1 is 1.03 bits per heavy atom. The van der Waals surface area contributed by atoms with Crippen molar-refractivity contribution >= 4 is 38.9 Å². The van der Waals surface area contributed by atoms with Gasteiger partial charge in [-0.25, -0.2) is 12.8 Å². The van der Waals surface area contributed by atoms with Crippen LogP contribution in [0.3, 0.4) is 0 Å². The zero-order valence-corrected chi connectivity index (χ0v) is 20.9. The van der Waals surface area contributed by atoms with E-state index >= 15 is 0 Å². The average molecular weight is 518 g/mol. The van der Waals surface area contributed by atoms with E-state index in [2.05, 4.69) is 10.2 Å². The number of sulfonamides is 1. The molecule has 4 rings (SSSR count). The van der Waals surface area contributed by atoms with Crippen molar-refractivity contribution < 1.29 is 22.3 Å². The van der Waals surface area contributed by atoms with E-state index in [9.17, 15) is 17.6 Å². The molecule has 0 bridgehead atoms. The number of rotatable bonds is 6. The highest BCUT2D eigenvalue weighted by Gasteiger charge is 2.30. The van der Waals surface area contributed by atoms with Gasteiger partial charge in [0.05, 0.1) is 17.6 Å². The Morgan fingerprint density at radius 3 is 2.37 bits per heavy atom. The van der Waals surface area contributed by atoms with Crippen LogP contribution in [0.2, 0.25) is 5.02 Å². The zero-order valence-electron chi connectivity index (χ0n) is 19.3. The molecule has 1 N–H and O–H groups in total. The predicted octanol–water partition coefficient (Wildman–Crippen LogP) is 4.56. The van der Waals surface area contributed by atoms with Crippen LogP contribution in [0.4, 0.5) is 15.8 Å². The van der Waals surface area contributed by atoms with Crippen molar-refractivity contribution in [3.05, 3.63) is 82.6 Å². The lowest BCUT2D eigenvalue weighted by Crippen LogP contribution is -2.48. The molecular formula is C25H25ClFN3O4S. The number of piperazine rings is 1. The molecule has 184 valence electrons. The minimum absolute atomic E-state index is 0.134. The van der Waals surface area contributed by atoms with Gasteiger partial charge in [-0.15, -0.1) is 0 Å². The molecule has 0 radical (unpaired) electrons. The molecule has 1 heterocycles. The molecule has 0 aromatic heterocycles. The Hall–Kier alpha value is -3.14. The van der Waals surface area contributed by atoms with Crippen molar-refractivity contribution in [3.8, 4) is 5.75 Å². The number of hydrogen-bond acceptors (Lipinski definition) is 5. The van der Waals surface area contributed by atoms with Crippen molar-refractivity contribution in [2.24, 2.45) is 0 Å². The number of methoxy groups -OCH3 is 1. The van der Waals surface area contributed by atoms with Gasteiger partial charge < -0.3 is 15.0 Å². The second kappa shape index (κ2) is 10.2. The number of carbonyl (C=O) groups is 1. The number of nitrogens with one attached hydrogen (secondary N) is 1. The molecule has 0 atom stereocenters. The molecule has 0 unspecified atom stereocenters. The van der Waals surface area contributed by atoms with Crippen LogP contribution >= 0.6 is 11.6 Å². The summed E-state index contributed by atoms with van der Waals surface area (Å²) in [7, 11) is -2.32. The van der Waals surface area contributed by atoms with E-state index in [1.54, 1.807) is 32.2 Å². The molecule has 1 amide bonds. The van der Waals surface area contributed by atoms with Gasteiger partial charge in [0.1, 0.15) is 11.6 Å². The number of halogens is 2. The molecule has 3 aromatic rings. The van der Waals surface area contributed by atoms with Gasteiger partial charge in [0, 0.05) is 42.6 Å². The summed E-state index contributed by atoms with van der Waals surface area (Å²) in [4.78, 5) is 14.7. The molecule has 0 aliphatic carbocycles. The maximum absolute atomic E-state index is 14.5. The molecule has 1 fully saturated rings. The van der Waals surface area contributed by atoms with Crippen molar-refractivity contribution in [2.45, 2.75) is 11.8 Å². The van der Waals surface area contributed by atoms with Crippen molar-refractivity contribution in [1.29, 1.82) is 0 Å². The number of benzene rings is 3. The molecule has 10 heteroatoms. The topological polar surface area (TPSA) is 79.0 Å². The van der Waals surface area contributed by atoms with Crippen LogP contribution in [0, 0.1) is 12.7 Å². The molecule has 0 saturated carbocycles. The van der Waals surface area contributed by atoms with Gasteiger partial charge in [-0.05, 0) is 67.1 Å². The first-order valence-corrected chi connectivity index (χ1v) is 12.8. The quantitative estimate of drug-likeness (QED) is 0.518. The van der Waals surface area contributed by atoms with Crippen LogP contribution in [0.1, 0.15) is 15.9 Å². The van der Waals surface area contributed by atoms with Crippen LogP contribution in [0.15, 0.2) is 65.6 Å². The summed E-state index contributed by atoms with van der Waals surface area (Å²) in [5.74, 6) is -0.823. The highest BCUT2D eigenvalue weighted by molar-refractivity contribution is 7.89.